The number of nitro benzene ring substituents is 1. The Bertz CT molecular complexity index is 1390. The minimum Gasteiger partial charge on any atom is -0.507 e. The standard InChI is InChI=1S/C28H25N3O5/c1-18-6-4-7-19(16-18)25-24(26(32)20-8-5-9-23(17-20)31(35)36)27(33)28(34)30(25)22-12-10-21(11-13-22)29-14-2-3-15-29/h4-13,16-17,25,32H,2-3,14-15H2,1H3/b26-24-. The number of nitro groups is 1. The first-order valence-corrected chi connectivity index (χ1v) is 11.8. The van der Waals surface area contributed by atoms with Gasteiger partial charge in [-0.3, -0.25) is 24.6 Å². The fraction of sp³-hybridized carbons (Fsp3) is 0.214. The maximum absolute atomic E-state index is 13.3. The highest BCUT2D eigenvalue weighted by Crippen LogP contribution is 2.43. The van der Waals surface area contributed by atoms with E-state index in [-0.39, 0.29) is 16.8 Å². The molecule has 182 valence electrons. The molecule has 1 atom stereocenters. The molecule has 0 radical (unpaired) electrons. The second-order valence-corrected chi connectivity index (χ2v) is 9.10. The molecule has 36 heavy (non-hydrogen) atoms. The van der Waals surface area contributed by atoms with E-state index in [4.69, 9.17) is 0 Å². The fourth-order valence-electron chi connectivity index (χ4n) is 4.98. The molecule has 0 aromatic heterocycles. The number of carbonyl (C=O) groups excluding carboxylic acids is 2. The van der Waals surface area contributed by atoms with Crippen molar-refractivity contribution in [2.24, 2.45) is 0 Å². The van der Waals surface area contributed by atoms with Crippen LogP contribution in [0.4, 0.5) is 17.1 Å². The van der Waals surface area contributed by atoms with Gasteiger partial charge >= 0.3 is 0 Å². The van der Waals surface area contributed by atoms with Gasteiger partial charge in [-0.05, 0) is 49.6 Å². The highest BCUT2D eigenvalue weighted by atomic mass is 16.6. The number of amides is 1. The predicted octanol–water partition coefficient (Wildman–Crippen LogP) is 5.13. The van der Waals surface area contributed by atoms with E-state index in [0.29, 0.717) is 11.3 Å². The number of hydrogen-bond donors (Lipinski definition) is 1. The van der Waals surface area contributed by atoms with Gasteiger partial charge in [-0.1, -0.05) is 42.0 Å². The van der Waals surface area contributed by atoms with Crippen LogP contribution in [0.3, 0.4) is 0 Å². The summed E-state index contributed by atoms with van der Waals surface area (Å²) in [6.45, 7) is 3.87. The Kier molecular flexibility index (Phi) is 6.01. The van der Waals surface area contributed by atoms with Gasteiger partial charge in [0, 0.05) is 42.2 Å². The minimum absolute atomic E-state index is 0.101. The van der Waals surface area contributed by atoms with Gasteiger partial charge in [0.1, 0.15) is 5.76 Å². The predicted molar refractivity (Wildman–Crippen MR) is 137 cm³/mol. The molecule has 0 saturated carbocycles. The first-order valence-electron chi connectivity index (χ1n) is 11.8. The van der Waals surface area contributed by atoms with Crippen LogP contribution in [0.15, 0.2) is 78.4 Å². The number of aryl methyl sites for hydroxylation is 1. The van der Waals surface area contributed by atoms with Crippen LogP contribution >= 0.6 is 0 Å². The smallest absolute Gasteiger partial charge is 0.300 e. The SMILES string of the molecule is Cc1cccc(C2/C(=C(/O)c3cccc([N+](=O)[O-])c3)C(=O)C(=O)N2c2ccc(N3CCCC3)cc2)c1. The van der Waals surface area contributed by atoms with Crippen molar-refractivity contribution < 1.29 is 19.6 Å². The van der Waals surface area contributed by atoms with Crippen LogP contribution in [0.5, 0.6) is 0 Å². The summed E-state index contributed by atoms with van der Waals surface area (Å²) in [7, 11) is 0. The number of ketones is 1. The zero-order valence-electron chi connectivity index (χ0n) is 19.8. The highest BCUT2D eigenvalue weighted by Gasteiger charge is 2.47. The first-order chi connectivity index (χ1) is 17.3. The van der Waals surface area contributed by atoms with Crippen LogP contribution in [-0.4, -0.2) is 34.8 Å². The molecule has 0 aliphatic carbocycles. The van der Waals surface area contributed by atoms with Crippen molar-refractivity contribution in [3.05, 3.63) is 105 Å². The molecule has 2 saturated heterocycles. The lowest BCUT2D eigenvalue weighted by Gasteiger charge is -2.26. The third-order valence-corrected chi connectivity index (χ3v) is 6.73. The second kappa shape index (κ2) is 9.30. The zero-order chi connectivity index (χ0) is 25.4. The molecule has 5 rings (SSSR count). The van der Waals surface area contributed by atoms with Crippen molar-refractivity contribution in [3.8, 4) is 0 Å². The van der Waals surface area contributed by atoms with Gasteiger partial charge in [0.05, 0.1) is 16.5 Å². The van der Waals surface area contributed by atoms with Gasteiger partial charge in [0.15, 0.2) is 0 Å². The molecular weight excluding hydrogens is 458 g/mol. The van der Waals surface area contributed by atoms with E-state index in [9.17, 15) is 24.8 Å². The van der Waals surface area contributed by atoms with Crippen LogP contribution in [-0.2, 0) is 9.59 Å². The van der Waals surface area contributed by atoms with Crippen molar-refractivity contribution in [3.63, 3.8) is 0 Å². The summed E-state index contributed by atoms with van der Waals surface area (Å²) < 4.78 is 0. The third-order valence-electron chi connectivity index (χ3n) is 6.73. The van der Waals surface area contributed by atoms with Gasteiger partial charge in [-0.2, -0.15) is 0 Å². The number of nitrogens with zero attached hydrogens (tertiary/aromatic N) is 3. The lowest BCUT2D eigenvalue weighted by atomic mass is 9.94. The van der Waals surface area contributed by atoms with Gasteiger partial charge in [-0.15, -0.1) is 0 Å². The number of non-ortho nitro benzene ring substituents is 1. The van der Waals surface area contributed by atoms with Gasteiger partial charge in [-0.25, -0.2) is 0 Å². The molecule has 2 fully saturated rings. The minimum atomic E-state index is -0.887. The van der Waals surface area contributed by atoms with Crippen molar-refractivity contribution in [2.45, 2.75) is 25.8 Å². The Hall–Kier alpha value is -4.46. The molecule has 0 bridgehead atoms. The summed E-state index contributed by atoms with van der Waals surface area (Å²) in [5, 5.41) is 22.5. The largest absolute Gasteiger partial charge is 0.507 e. The van der Waals surface area contributed by atoms with Crippen LogP contribution in [0.25, 0.3) is 5.76 Å². The molecule has 8 nitrogen and oxygen atoms in total. The van der Waals surface area contributed by atoms with E-state index >= 15 is 0 Å². The average molecular weight is 484 g/mol. The van der Waals surface area contributed by atoms with Crippen LogP contribution in [0.1, 0.15) is 35.6 Å². The van der Waals surface area contributed by atoms with Crippen LogP contribution in [0.2, 0.25) is 0 Å². The number of rotatable bonds is 5. The molecule has 3 aromatic rings. The van der Waals surface area contributed by atoms with Crippen molar-refractivity contribution in [1.29, 1.82) is 0 Å². The molecule has 2 heterocycles. The number of anilines is 2. The van der Waals surface area contributed by atoms with E-state index in [1.165, 1.54) is 29.2 Å². The van der Waals surface area contributed by atoms with Crippen molar-refractivity contribution >= 4 is 34.5 Å². The molecule has 0 spiro atoms. The number of carbonyl (C=O) groups is 2. The molecule has 1 amide bonds. The summed E-state index contributed by atoms with van der Waals surface area (Å²) >= 11 is 0. The second-order valence-electron chi connectivity index (χ2n) is 9.10. The average Bonchev–Trinajstić information content (AvgIpc) is 3.51. The summed E-state index contributed by atoms with van der Waals surface area (Å²) in [4.78, 5) is 41.0. The molecule has 2 aliphatic rings. The Morgan fingerprint density at radius 3 is 2.28 bits per heavy atom. The molecular formula is C28H25N3O5. The molecule has 1 unspecified atom stereocenters. The lowest BCUT2D eigenvalue weighted by molar-refractivity contribution is -0.384. The van der Waals surface area contributed by atoms with Crippen LogP contribution < -0.4 is 9.80 Å². The Labute approximate surface area is 208 Å². The normalized spacial score (nSPS) is 19.2. The van der Waals surface area contributed by atoms with E-state index in [2.05, 4.69) is 4.90 Å². The number of hydrogen-bond acceptors (Lipinski definition) is 6. The Morgan fingerprint density at radius 1 is 0.944 bits per heavy atom. The number of aliphatic hydroxyl groups excluding tert-OH is 1. The van der Waals surface area contributed by atoms with Gasteiger partial charge in [0.2, 0.25) is 0 Å². The number of aliphatic hydroxyl groups is 1. The Morgan fingerprint density at radius 2 is 1.61 bits per heavy atom. The maximum atomic E-state index is 13.3. The van der Waals surface area contributed by atoms with E-state index in [1.54, 1.807) is 6.07 Å². The zero-order valence-corrected chi connectivity index (χ0v) is 19.8. The first kappa shape index (κ1) is 23.3. The topological polar surface area (TPSA) is 104 Å². The third kappa shape index (κ3) is 4.11. The van der Waals surface area contributed by atoms with Crippen LogP contribution in [0, 0.1) is 17.0 Å². The molecule has 2 aliphatic heterocycles. The van der Waals surface area contributed by atoms with Crippen molar-refractivity contribution in [1.82, 2.24) is 0 Å². The quantitative estimate of drug-likeness (QED) is 0.177. The summed E-state index contributed by atoms with van der Waals surface area (Å²) in [6, 6.07) is 19.4. The Balaban J connectivity index is 1.64. The van der Waals surface area contributed by atoms with E-state index < -0.39 is 28.4 Å². The van der Waals surface area contributed by atoms with Gasteiger partial charge in [0.25, 0.3) is 17.4 Å². The fourth-order valence-corrected chi connectivity index (χ4v) is 4.98. The molecule has 3 aromatic carbocycles. The number of benzene rings is 3. The maximum Gasteiger partial charge on any atom is 0.300 e. The lowest BCUT2D eigenvalue weighted by Crippen LogP contribution is -2.29. The number of Topliss-reactive ketones (excluding diaryl/α,β-unsaturated/α-hetero) is 1. The molecule has 8 heteroatoms. The molecule has 1 N–H and O–H groups in total. The monoisotopic (exact) mass is 483 g/mol. The summed E-state index contributed by atoms with van der Waals surface area (Å²) in [6.07, 6.45) is 2.28. The summed E-state index contributed by atoms with van der Waals surface area (Å²) in [5.41, 5.74) is 2.95. The summed E-state index contributed by atoms with van der Waals surface area (Å²) in [5.74, 6) is -2.05. The van der Waals surface area contributed by atoms with Gasteiger partial charge < -0.3 is 10.0 Å². The van der Waals surface area contributed by atoms with Crippen molar-refractivity contribution in [2.75, 3.05) is 22.9 Å². The van der Waals surface area contributed by atoms with E-state index in [1.807, 2.05) is 49.4 Å². The highest BCUT2D eigenvalue weighted by molar-refractivity contribution is 6.51. The van der Waals surface area contributed by atoms with E-state index in [0.717, 1.165) is 37.2 Å².